The Morgan fingerprint density at radius 2 is 1.93 bits per heavy atom. The van der Waals surface area contributed by atoms with Gasteiger partial charge in [-0.15, -0.1) is 0 Å². The summed E-state index contributed by atoms with van der Waals surface area (Å²) in [6.07, 6.45) is 7.28. The van der Waals surface area contributed by atoms with Crippen LogP contribution in [0.5, 0.6) is 0 Å². The predicted molar refractivity (Wildman–Crippen MR) is 109 cm³/mol. The highest BCUT2D eigenvalue weighted by Crippen LogP contribution is 2.26. The zero-order valence-corrected chi connectivity index (χ0v) is 16.2. The molecule has 7 nitrogen and oxygen atoms in total. The maximum Gasteiger partial charge on any atom is 0.323 e. The number of aryl methyl sites for hydroxylation is 1. The SMILES string of the molecule is Cc1cccc(NC(=O)CCNC(=O)N(c2ccccn2)C2CCCCC2)n1. The predicted octanol–water partition coefficient (Wildman–Crippen LogP) is 3.66. The molecule has 2 aromatic rings. The highest BCUT2D eigenvalue weighted by molar-refractivity contribution is 5.93. The first-order chi connectivity index (χ1) is 13.6. The molecule has 0 aliphatic heterocycles. The van der Waals surface area contributed by atoms with Crippen LogP contribution in [0.1, 0.15) is 44.2 Å². The largest absolute Gasteiger partial charge is 0.337 e. The summed E-state index contributed by atoms with van der Waals surface area (Å²) in [5, 5.41) is 5.63. The topological polar surface area (TPSA) is 87.2 Å². The third kappa shape index (κ3) is 5.52. The van der Waals surface area contributed by atoms with E-state index < -0.39 is 0 Å². The third-order valence-electron chi connectivity index (χ3n) is 4.84. The number of anilines is 2. The number of urea groups is 1. The summed E-state index contributed by atoms with van der Waals surface area (Å²) in [7, 11) is 0. The molecule has 0 radical (unpaired) electrons. The van der Waals surface area contributed by atoms with Gasteiger partial charge in [0.15, 0.2) is 0 Å². The first-order valence-electron chi connectivity index (χ1n) is 9.85. The average Bonchev–Trinajstić information content (AvgIpc) is 2.70. The molecule has 0 saturated heterocycles. The maximum atomic E-state index is 12.9. The number of nitrogens with zero attached hydrogens (tertiary/aromatic N) is 3. The standard InChI is InChI=1S/C21H27N5O2/c1-16-8-7-11-18(24-16)25-20(27)13-15-23-21(28)26(17-9-3-2-4-10-17)19-12-5-6-14-22-19/h5-8,11-12,14,17H,2-4,9-10,13,15H2,1H3,(H,23,28)(H,24,25,27). The van der Waals surface area contributed by atoms with Gasteiger partial charge in [0.1, 0.15) is 11.6 Å². The van der Waals surface area contributed by atoms with Crippen molar-refractivity contribution in [1.82, 2.24) is 15.3 Å². The van der Waals surface area contributed by atoms with Crippen LogP contribution in [-0.4, -0.2) is 34.5 Å². The van der Waals surface area contributed by atoms with Crippen molar-refractivity contribution in [3.63, 3.8) is 0 Å². The second kappa shape index (κ2) is 9.82. The molecule has 1 aliphatic rings. The van der Waals surface area contributed by atoms with E-state index in [9.17, 15) is 9.59 Å². The van der Waals surface area contributed by atoms with E-state index in [-0.39, 0.29) is 30.9 Å². The quantitative estimate of drug-likeness (QED) is 0.799. The van der Waals surface area contributed by atoms with E-state index in [2.05, 4.69) is 20.6 Å². The molecule has 1 aliphatic carbocycles. The van der Waals surface area contributed by atoms with Crippen molar-refractivity contribution in [3.05, 3.63) is 48.3 Å². The number of carbonyl (C=O) groups is 2. The molecule has 28 heavy (non-hydrogen) atoms. The average molecular weight is 381 g/mol. The van der Waals surface area contributed by atoms with Gasteiger partial charge in [0, 0.05) is 30.9 Å². The monoisotopic (exact) mass is 381 g/mol. The van der Waals surface area contributed by atoms with Gasteiger partial charge in [-0.2, -0.15) is 0 Å². The van der Waals surface area contributed by atoms with Crippen molar-refractivity contribution in [1.29, 1.82) is 0 Å². The Balaban J connectivity index is 1.55. The number of hydrogen-bond donors (Lipinski definition) is 2. The molecule has 1 fully saturated rings. The highest BCUT2D eigenvalue weighted by Gasteiger charge is 2.27. The third-order valence-corrected chi connectivity index (χ3v) is 4.84. The van der Waals surface area contributed by atoms with Crippen molar-refractivity contribution in [2.75, 3.05) is 16.8 Å². The van der Waals surface area contributed by atoms with Crippen LogP contribution in [0.2, 0.25) is 0 Å². The lowest BCUT2D eigenvalue weighted by atomic mass is 9.94. The summed E-state index contributed by atoms with van der Waals surface area (Å²) in [4.78, 5) is 35.3. The minimum atomic E-state index is -0.202. The van der Waals surface area contributed by atoms with E-state index in [1.807, 2.05) is 37.3 Å². The van der Waals surface area contributed by atoms with Crippen LogP contribution in [0.25, 0.3) is 0 Å². The van der Waals surface area contributed by atoms with Crippen LogP contribution in [0.15, 0.2) is 42.6 Å². The number of hydrogen-bond acceptors (Lipinski definition) is 4. The van der Waals surface area contributed by atoms with Crippen molar-refractivity contribution < 1.29 is 9.59 Å². The fourth-order valence-corrected chi connectivity index (χ4v) is 3.48. The van der Waals surface area contributed by atoms with Gasteiger partial charge in [-0.05, 0) is 44.0 Å². The number of nitrogens with one attached hydrogen (secondary N) is 2. The molecular formula is C21H27N5O2. The van der Waals surface area contributed by atoms with E-state index in [0.29, 0.717) is 11.6 Å². The van der Waals surface area contributed by atoms with Gasteiger partial charge in [0.05, 0.1) is 0 Å². The molecule has 3 rings (SSSR count). The Hall–Kier alpha value is -2.96. The van der Waals surface area contributed by atoms with Crippen molar-refractivity contribution in [2.24, 2.45) is 0 Å². The maximum absolute atomic E-state index is 12.9. The Kier molecular flexibility index (Phi) is 6.94. The van der Waals surface area contributed by atoms with E-state index in [1.54, 1.807) is 17.2 Å². The first kappa shape index (κ1) is 19.8. The van der Waals surface area contributed by atoms with Gasteiger partial charge in [0.25, 0.3) is 0 Å². The van der Waals surface area contributed by atoms with E-state index >= 15 is 0 Å². The van der Waals surface area contributed by atoms with Crippen LogP contribution >= 0.6 is 0 Å². The molecule has 2 heterocycles. The van der Waals surface area contributed by atoms with E-state index in [4.69, 9.17) is 0 Å². The lowest BCUT2D eigenvalue weighted by molar-refractivity contribution is -0.116. The summed E-state index contributed by atoms with van der Waals surface area (Å²) in [6.45, 7) is 2.12. The number of pyridine rings is 2. The lowest BCUT2D eigenvalue weighted by Gasteiger charge is -2.33. The normalized spacial score (nSPS) is 14.3. The van der Waals surface area contributed by atoms with Crippen LogP contribution in [-0.2, 0) is 4.79 Å². The molecule has 2 aromatic heterocycles. The molecule has 0 unspecified atom stereocenters. The van der Waals surface area contributed by atoms with Crippen LogP contribution < -0.4 is 15.5 Å². The van der Waals surface area contributed by atoms with Crippen LogP contribution in [0.3, 0.4) is 0 Å². The highest BCUT2D eigenvalue weighted by atomic mass is 16.2. The summed E-state index contributed by atoms with van der Waals surface area (Å²) in [5.74, 6) is 0.995. The van der Waals surface area contributed by atoms with Crippen molar-refractivity contribution >= 4 is 23.6 Å². The number of amides is 3. The zero-order chi connectivity index (χ0) is 19.8. The molecular weight excluding hydrogens is 354 g/mol. The lowest BCUT2D eigenvalue weighted by Crippen LogP contribution is -2.48. The van der Waals surface area contributed by atoms with Crippen molar-refractivity contribution in [3.8, 4) is 0 Å². The molecule has 0 spiro atoms. The van der Waals surface area contributed by atoms with E-state index in [1.165, 1.54) is 6.42 Å². The van der Waals surface area contributed by atoms with Crippen LogP contribution in [0.4, 0.5) is 16.4 Å². The van der Waals surface area contributed by atoms with Gasteiger partial charge >= 0.3 is 6.03 Å². The Labute approximate surface area is 165 Å². The molecule has 0 atom stereocenters. The fraction of sp³-hybridized carbons (Fsp3) is 0.429. The van der Waals surface area contributed by atoms with Gasteiger partial charge < -0.3 is 10.6 Å². The summed E-state index contributed by atoms with van der Waals surface area (Å²) >= 11 is 0. The minimum Gasteiger partial charge on any atom is -0.337 e. The summed E-state index contributed by atoms with van der Waals surface area (Å²) < 4.78 is 0. The van der Waals surface area contributed by atoms with Crippen LogP contribution in [0, 0.1) is 6.92 Å². The molecule has 148 valence electrons. The second-order valence-electron chi connectivity index (χ2n) is 7.04. The van der Waals surface area contributed by atoms with Gasteiger partial charge in [0.2, 0.25) is 5.91 Å². The summed E-state index contributed by atoms with van der Waals surface area (Å²) in [5.41, 5.74) is 0.838. The first-order valence-corrected chi connectivity index (χ1v) is 9.85. The molecule has 3 amide bonds. The smallest absolute Gasteiger partial charge is 0.323 e. The molecule has 2 N–H and O–H groups in total. The minimum absolute atomic E-state index is 0.147. The Bertz CT molecular complexity index is 790. The van der Waals surface area contributed by atoms with Gasteiger partial charge in [-0.3, -0.25) is 9.69 Å². The van der Waals surface area contributed by atoms with Gasteiger partial charge in [-0.25, -0.2) is 14.8 Å². The summed E-state index contributed by atoms with van der Waals surface area (Å²) in [6, 6.07) is 11.0. The molecule has 0 bridgehead atoms. The molecule has 0 aromatic carbocycles. The Morgan fingerprint density at radius 3 is 2.64 bits per heavy atom. The Morgan fingerprint density at radius 1 is 1.11 bits per heavy atom. The molecule has 7 heteroatoms. The second-order valence-corrected chi connectivity index (χ2v) is 7.04. The molecule has 1 saturated carbocycles. The van der Waals surface area contributed by atoms with Gasteiger partial charge in [-0.1, -0.05) is 31.4 Å². The number of rotatable bonds is 6. The zero-order valence-electron chi connectivity index (χ0n) is 16.2. The fourth-order valence-electron chi connectivity index (χ4n) is 3.48. The number of aromatic nitrogens is 2. The van der Waals surface area contributed by atoms with E-state index in [0.717, 1.165) is 31.4 Å². The number of carbonyl (C=O) groups excluding carboxylic acids is 2. The van der Waals surface area contributed by atoms with Crippen molar-refractivity contribution in [2.45, 2.75) is 51.5 Å².